The van der Waals surface area contributed by atoms with Gasteiger partial charge < -0.3 is 18.9 Å². The molecule has 0 aromatic heterocycles. The van der Waals surface area contributed by atoms with Crippen LogP contribution in [0.25, 0.3) is 0 Å². The summed E-state index contributed by atoms with van der Waals surface area (Å²) >= 11 is 0. The first-order valence-electron chi connectivity index (χ1n) is 9.37. The molecule has 0 fully saturated rings. The fourth-order valence-electron chi connectivity index (χ4n) is 3.13. The molecular weight excluding hydrogens is 406 g/mol. The molecule has 0 saturated carbocycles. The molecule has 1 heterocycles. The lowest BCUT2D eigenvalue weighted by atomic mass is 10.0. The van der Waals surface area contributed by atoms with Gasteiger partial charge in [0.05, 0.1) is 20.8 Å². The Morgan fingerprint density at radius 3 is 2.63 bits per heavy atom. The minimum atomic E-state index is -3.81. The van der Waals surface area contributed by atoms with Crippen molar-refractivity contribution in [3.8, 4) is 34.8 Å². The summed E-state index contributed by atoms with van der Waals surface area (Å²) in [5.74, 6) is 7.58. The zero-order chi connectivity index (χ0) is 21.8. The van der Waals surface area contributed by atoms with E-state index >= 15 is 0 Å². The van der Waals surface area contributed by atoms with Crippen LogP contribution in [-0.2, 0) is 16.4 Å². The van der Waals surface area contributed by atoms with E-state index in [1.807, 2.05) is 32.0 Å². The second kappa shape index (κ2) is 8.86. The molecule has 0 atom stereocenters. The topological polar surface area (TPSA) is 83.1 Å². The first kappa shape index (κ1) is 21.8. The van der Waals surface area contributed by atoms with E-state index in [1.165, 1.54) is 26.4 Å². The standard InChI is InChI=1S/C22H25NO6S/c1-22(2)15-16-8-7-9-19(21(16)29-22)28-13-6-5-12-23-30(24,25)20-14-17(26-3)10-11-18(20)27-4/h7-11,14,23H,12-13,15H2,1-4H3. The Morgan fingerprint density at radius 1 is 1.10 bits per heavy atom. The molecule has 8 heteroatoms. The quantitative estimate of drug-likeness (QED) is 0.679. The van der Waals surface area contributed by atoms with Gasteiger partial charge in [0, 0.05) is 18.1 Å². The van der Waals surface area contributed by atoms with Crippen LogP contribution >= 0.6 is 0 Å². The molecule has 1 N–H and O–H groups in total. The van der Waals surface area contributed by atoms with Crippen LogP contribution in [0.3, 0.4) is 0 Å². The summed E-state index contributed by atoms with van der Waals surface area (Å²) in [7, 11) is -0.945. The number of methoxy groups -OCH3 is 2. The lowest BCUT2D eigenvalue weighted by Crippen LogP contribution is -2.24. The number of fused-ring (bicyclic) bond motifs is 1. The molecule has 0 bridgehead atoms. The third-order valence-corrected chi connectivity index (χ3v) is 5.91. The fraction of sp³-hybridized carbons (Fsp3) is 0.364. The Labute approximate surface area is 177 Å². The van der Waals surface area contributed by atoms with Crippen molar-refractivity contribution in [2.45, 2.75) is 30.8 Å². The van der Waals surface area contributed by atoms with Crippen molar-refractivity contribution in [1.29, 1.82) is 0 Å². The van der Waals surface area contributed by atoms with E-state index in [0.717, 1.165) is 17.7 Å². The van der Waals surface area contributed by atoms with Crippen molar-refractivity contribution in [1.82, 2.24) is 4.72 Å². The molecule has 1 aliphatic rings. The van der Waals surface area contributed by atoms with E-state index in [-0.39, 0.29) is 29.4 Å². The number of benzene rings is 2. The van der Waals surface area contributed by atoms with E-state index in [4.69, 9.17) is 18.9 Å². The van der Waals surface area contributed by atoms with Crippen LogP contribution in [0, 0.1) is 11.8 Å². The maximum atomic E-state index is 12.6. The highest BCUT2D eigenvalue weighted by Gasteiger charge is 2.32. The predicted molar refractivity (Wildman–Crippen MR) is 113 cm³/mol. The number of para-hydroxylation sites is 1. The normalized spacial score (nSPS) is 14.1. The molecule has 0 aliphatic carbocycles. The number of ether oxygens (including phenoxy) is 4. The van der Waals surface area contributed by atoms with Gasteiger partial charge in [0.2, 0.25) is 10.0 Å². The van der Waals surface area contributed by atoms with Crippen LogP contribution in [0.15, 0.2) is 41.3 Å². The molecule has 30 heavy (non-hydrogen) atoms. The molecule has 0 spiro atoms. The number of hydrogen-bond acceptors (Lipinski definition) is 6. The molecule has 0 saturated heterocycles. The molecule has 2 aromatic carbocycles. The molecular formula is C22H25NO6S. The summed E-state index contributed by atoms with van der Waals surface area (Å²) < 4.78 is 49.4. The van der Waals surface area contributed by atoms with Crippen LogP contribution in [0.2, 0.25) is 0 Å². The van der Waals surface area contributed by atoms with E-state index in [0.29, 0.717) is 11.5 Å². The Kier molecular flexibility index (Phi) is 6.44. The van der Waals surface area contributed by atoms with Gasteiger partial charge >= 0.3 is 0 Å². The Balaban J connectivity index is 1.59. The van der Waals surface area contributed by atoms with E-state index < -0.39 is 10.0 Å². The predicted octanol–water partition coefficient (Wildman–Crippen LogP) is 2.78. The van der Waals surface area contributed by atoms with Crippen LogP contribution in [0.5, 0.6) is 23.0 Å². The number of rotatable bonds is 7. The maximum absolute atomic E-state index is 12.6. The smallest absolute Gasteiger partial charge is 0.245 e. The van der Waals surface area contributed by atoms with Crippen molar-refractivity contribution < 1.29 is 27.4 Å². The largest absolute Gasteiger partial charge is 0.497 e. The third-order valence-electron chi connectivity index (χ3n) is 4.49. The van der Waals surface area contributed by atoms with Crippen LogP contribution < -0.4 is 23.7 Å². The Morgan fingerprint density at radius 2 is 1.90 bits per heavy atom. The minimum absolute atomic E-state index is 0.0120. The monoisotopic (exact) mass is 431 g/mol. The third kappa shape index (κ3) is 4.99. The first-order valence-corrected chi connectivity index (χ1v) is 10.9. The summed E-state index contributed by atoms with van der Waals surface area (Å²) in [5.41, 5.74) is 0.845. The van der Waals surface area contributed by atoms with Gasteiger partial charge in [-0.2, -0.15) is 4.72 Å². The highest BCUT2D eigenvalue weighted by atomic mass is 32.2. The Hall–Kier alpha value is -2.89. The molecule has 3 rings (SSSR count). The van der Waals surface area contributed by atoms with Crippen molar-refractivity contribution >= 4 is 10.0 Å². The molecule has 7 nitrogen and oxygen atoms in total. The van der Waals surface area contributed by atoms with Crippen LogP contribution in [0.4, 0.5) is 0 Å². The highest BCUT2D eigenvalue weighted by Crippen LogP contribution is 2.41. The lowest BCUT2D eigenvalue weighted by Gasteiger charge is -2.17. The van der Waals surface area contributed by atoms with E-state index in [9.17, 15) is 8.42 Å². The van der Waals surface area contributed by atoms with Gasteiger partial charge in [0.15, 0.2) is 11.5 Å². The molecule has 1 aliphatic heterocycles. The second-order valence-corrected chi connectivity index (χ2v) is 9.00. The molecule has 160 valence electrons. The summed E-state index contributed by atoms with van der Waals surface area (Å²) in [4.78, 5) is -0.0120. The Bertz CT molecular complexity index is 1080. The summed E-state index contributed by atoms with van der Waals surface area (Å²) in [6.07, 6.45) is 0.820. The van der Waals surface area contributed by atoms with Crippen molar-refractivity contribution in [2.75, 3.05) is 27.4 Å². The second-order valence-electron chi connectivity index (χ2n) is 7.27. The van der Waals surface area contributed by atoms with Gasteiger partial charge in [0.1, 0.15) is 28.6 Å². The molecule has 0 radical (unpaired) electrons. The SMILES string of the molecule is COc1ccc(OC)c(S(=O)(=O)NCC#CCOc2cccc3c2OC(C)(C)C3)c1. The maximum Gasteiger partial charge on any atom is 0.245 e. The highest BCUT2D eigenvalue weighted by molar-refractivity contribution is 7.89. The molecule has 2 aromatic rings. The average Bonchev–Trinajstić information content (AvgIpc) is 3.04. The summed E-state index contributed by atoms with van der Waals surface area (Å²) in [5, 5.41) is 0. The van der Waals surface area contributed by atoms with E-state index in [1.54, 1.807) is 6.07 Å². The van der Waals surface area contributed by atoms with Gasteiger partial charge in [-0.1, -0.05) is 24.0 Å². The van der Waals surface area contributed by atoms with Gasteiger partial charge in [-0.3, -0.25) is 0 Å². The molecule has 0 unspecified atom stereocenters. The van der Waals surface area contributed by atoms with Gasteiger partial charge in [-0.25, -0.2) is 8.42 Å². The van der Waals surface area contributed by atoms with Crippen molar-refractivity contribution in [2.24, 2.45) is 0 Å². The van der Waals surface area contributed by atoms with Crippen molar-refractivity contribution in [3.05, 3.63) is 42.0 Å². The summed E-state index contributed by atoms with van der Waals surface area (Å²) in [6, 6.07) is 10.3. The van der Waals surface area contributed by atoms with Gasteiger partial charge in [-0.05, 0) is 32.0 Å². The lowest BCUT2D eigenvalue weighted by molar-refractivity contribution is 0.133. The van der Waals surface area contributed by atoms with Crippen LogP contribution in [-0.4, -0.2) is 41.4 Å². The number of sulfonamides is 1. The zero-order valence-electron chi connectivity index (χ0n) is 17.4. The number of hydrogen-bond donors (Lipinski definition) is 1. The average molecular weight is 432 g/mol. The van der Waals surface area contributed by atoms with Crippen molar-refractivity contribution in [3.63, 3.8) is 0 Å². The molecule has 0 amide bonds. The fourth-order valence-corrected chi connectivity index (χ4v) is 4.24. The van der Waals surface area contributed by atoms with Gasteiger partial charge in [0.25, 0.3) is 0 Å². The minimum Gasteiger partial charge on any atom is -0.497 e. The summed E-state index contributed by atoms with van der Waals surface area (Å²) in [6.45, 7) is 4.10. The first-order chi connectivity index (χ1) is 14.3. The number of nitrogens with one attached hydrogen (secondary N) is 1. The van der Waals surface area contributed by atoms with Crippen LogP contribution in [0.1, 0.15) is 19.4 Å². The van der Waals surface area contributed by atoms with Gasteiger partial charge in [-0.15, -0.1) is 0 Å². The zero-order valence-corrected chi connectivity index (χ0v) is 18.3. The van der Waals surface area contributed by atoms with E-state index in [2.05, 4.69) is 16.6 Å².